The van der Waals surface area contributed by atoms with Gasteiger partial charge in [-0.25, -0.2) is 0 Å². The van der Waals surface area contributed by atoms with Crippen LogP contribution in [0.4, 0.5) is 0 Å². The molecule has 3 atom stereocenters. The molecule has 1 aliphatic carbocycles. The number of amides is 1. The van der Waals surface area contributed by atoms with E-state index in [9.17, 15) is 4.79 Å². The maximum Gasteiger partial charge on any atom is 0.223 e. The van der Waals surface area contributed by atoms with E-state index in [1.54, 1.807) is 0 Å². The van der Waals surface area contributed by atoms with Crippen molar-refractivity contribution in [1.29, 1.82) is 0 Å². The predicted octanol–water partition coefficient (Wildman–Crippen LogP) is 0.230. The fourth-order valence-electron chi connectivity index (χ4n) is 2.95. The first-order chi connectivity index (χ1) is 7.81. The van der Waals surface area contributed by atoms with E-state index in [1.165, 1.54) is 0 Å². The maximum atomic E-state index is 12.1. The zero-order valence-electron chi connectivity index (χ0n) is 9.87. The van der Waals surface area contributed by atoms with Crippen LogP contribution in [0.2, 0.25) is 0 Å². The molecule has 1 aliphatic heterocycles. The van der Waals surface area contributed by atoms with E-state index >= 15 is 0 Å². The topological polar surface area (TPSA) is 67.2 Å². The normalized spacial score (nSPS) is 34.9. The fourth-order valence-corrected chi connectivity index (χ4v) is 2.95. The molecular formula is C12H23N3O. The van der Waals surface area contributed by atoms with E-state index in [4.69, 9.17) is 5.73 Å². The molecule has 1 heterocycles. The van der Waals surface area contributed by atoms with Gasteiger partial charge < -0.3 is 16.4 Å². The Balaban J connectivity index is 1.82. The second-order valence-electron chi connectivity index (χ2n) is 5.09. The molecule has 2 aliphatic rings. The van der Waals surface area contributed by atoms with Crippen LogP contribution in [0, 0.1) is 11.8 Å². The number of carbonyl (C=O) groups excluding carboxylic acids is 1. The molecule has 0 aromatic heterocycles. The lowest BCUT2D eigenvalue weighted by Crippen LogP contribution is -2.48. The van der Waals surface area contributed by atoms with Gasteiger partial charge in [0, 0.05) is 18.5 Å². The van der Waals surface area contributed by atoms with Crippen molar-refractivity contribution in [2.24, 2.45) is 17.6 Å². The van der Waals surface area contributed by atoms with Crippen molar-refractivity contribution < 1.29 is 4.79 Å². The Labute approximate surface area is 97.3 Å². The molecule has 4 nitrogen and oxygen atoms in total. The van der Waals surface area contributed by atoms with E-state index in [2.05, 4.69) is 10.6 Å². The summed E-state index contributed by atoms with van der Waals surface area (Å²) in [5.74, 6) is 0.824. The Bertz CT molecular complexity index is 238. The van der Waals surface area contributed by atoms with Crippen LogP contribution in [-0.2, 0) is 4.79 Å². The van der Waals surface area contributed by atoms with Crippen LogP contribution in [-0.4, -0.2) is 31.6 Å². The van der Waals surface area contributed by atoms with Gasteiger partial charge in [0.2, 0.25) is 5.91 Å². The van der Waals surface area contributed by atoms with Gasteiger partial charge in [0.05, 0.1) is 0 Å². The van der Waals surface area contributed by atoms with E-state index in [1.807, 2.05) is 0 Å². The largest absolute Gasteiger partial charge is 0.352 e. The average molecular weight is 225 g/mol. The highest BCUT2D eigenvalue weighted by atomic mass is 16.2. The molecule has 0 spiro atoms. The van der Waals surface area contributed by atoms with Crippen LogP contribution in [0.15, 0.2) is 0 Å². The molecule has 1 saturated carbocycles. The number of piperidine rings is 1. The van der Waals surface area contributed by atoms with Crippen molar-refractivity contribution in [3.63, 3.8) is 0 Å². The Hall–Kier alpha value is -0.610. The second kappa shape index (κ2) is 5.64. The highest BCUT2D eigenvalue weighted by Gasteiger charge is 2.32. The first-order valence-electron chi connectivity index (χ1n) is 6.52. The summed E-state index contributed by atoms with van der Waals surface area (Å²) in [6.07, 6.45) is 5.57. The zero-order chi connectivity index (χ0) is 11.4. The standard InChI is InChI=1S/C12H23N3O/c13-7-9-3-1-5-11(9)12(16)15-10-4-2-6-14-8-10/h9-11,14H,1-8,13H2,(H,15,16)/t9-,10+,11-/m1/s1. The van der Waals surface area contributed by atoms with Crippen LogP contribution >= 0.6 is 0 Å². The molecule has 0 radical (unpaired) electrons. The average Bonchev–Trinajstić information content (AvgIpc) is 2.78. The number of nitrogens with two attached hydrogens (primary N) is 1. The Morgan fingerprint density at radius 3 is 2.88 bits per heavy atom. The van der Waals surface area contributed by atoms with Crippen LogP contribution in [0.3, 0.4) is 0 Å². The third kappa shape index (κ3) is 2.74. The highest BCUT2D eigenvalue weighted by molar-refractivity contribution is 5.79. The van der Waals surface area contributed by atoms with Crippen molar-refractivity contribution in [2.45, 2.75) is 38.1 Å². The van der Waals surface area contributed by atoms with Gasteiger partial charge in [-0.1, -0.05) is 6.42 Å². The summed E-state index contributed by atoms with van der Waals surface area (Å²) < 4.78 is 0. The van der Waals surface area contributed by atoms with E-state index in [0.717, 1.165) is 45.2 Å². The van der Waals surface area contributed by atoms with Gasteiger partial charge >= 0.3 is 0 Å². The quantitative estimate of drug-likeness (QED) is 0.644. The first-order valence-corrected chi connectivity index (χ1v) is 6.52. The van der Waals surface area contributed by atoms with Crippen LogP contribution in [0.25, 0.3) is 0 Å². The van der Waals surface area contributed by atoms with Crippen molar-refractivity contribution in [1.82, 2.24) is 10.6 Å². The summed E-state index contributed by atoms with van der Waals surface area (Å²) >= 11 is 0. The second-order valence-corrected chi connectivity index (χ2v) is 5.09. The molecule has 0 aromatic rings. The Kier molecular flexibility index (Phi) is 4.18. The minimum atomic E-state index is 0.173. The van der Waals surface area contributed by atoms with Crippen molar-refractivity contribution >= 4 is 5.91 Å². The molecule has 0 unspecified atom stereocenters. The van der Waals surface area contributed by atoms with Gasteiger partial charge in [-0.2, -0.15) is 0 Å². The molecule has 0 bridgehead atoms. The molecule has 1 saturated heterocycles. The summed E-state index contributed by atoms with van der Waals surface area (Å²) in [6, 6.07) is 0.334. The van der Waals surface area contributed by atoms with Crippen LogP contribution < -0.4 is 16.4 Å². The lowest BCUT2D eigenvalue weighted by molar-refractivity contribution is -0.126. The van der Waals surface area contributed by atoms with Gasteiger partial charge in [-0.3, -0.25) is 4.79 Å². The van der Waals surface area contributed by atoms with Gasteiger partial charge in [0.1, 0.15) is 0 Å². The third-order valence-corrected chi connectivity index (χ3v) is 3.94. The van der Waals surface area contributed by atoms with Crippen LogP contribution in [0.5, 0.6) is 0 Å². The molecule has 2 rings (SSSR count). The lowest BCUT2D eigenvalue weighted by atomic mass is 9.94. The molecule has 16 heavy (non-hydrogen) atoms. The number of hydrogen-bond acceptors (Lipinski definition) is 3. The maximum absolute atomic E-state index is 12.1. The first kappa shape index (κ1) is 11.9. The number of nitrogens with one attached hydrogen (secondary N) is 2. The predicted molar refractivity (Wildman–Crippen MR) is 63.9 cm³/mol. The minimum absolute atomic E-state index is 0.173. The van der Waals surface area contributed by atoms with Gasteiger partial charge in [-0.05, 0) is 44.7 Å². The lowest BCUT2D eigenvalue weighted by Gasteiger charge is -2.26. The number of rotatable bonds is 3. The van der Waals surface area contributed by atoms with Crippen LogP contribution in [0.1, 0.15) is 32.1 Å². The molecule has 2 fully saturated rings. The molecular weight excluding hydrogens is 202 g/mol. The Morgan fingerprint density at radius 1 is 1.31 bits per heavy atom. The summed E-state index contributed by atoms with van der Waals surface area (Å²) in [5, 5.41) is 6.48. The van der Waals surface area contributed by atoms with Gasteiger partial charge in [-0.15, -0.1) is 0 Å². The minimum Gasteiger partial charge on any atom is -0.352 e. The van der Waals surface area contributed by atoms with Crippen molar-refractivity contribution in [2.75, 3.05) is 19.6 Å². The van der Waals surface area contributed by atoms with Gasteiger partial charge in [0.25, 0.3) is 0 Å². The molecule has 4 heteroatoms. The molecule has 1 amide bonds. The SMILES string of the molecule is NC[C@H]1CCC[C@H]1C(=O)N[C@H]1CCCNC1. The Morgan fingerprint density at radius 2 is 2.19 bits per heavy atom. The zero-order valence-corrected chi connectivity index (χ0v) is 9.87. The summed E-state index contributed by atoms with van der Waals surface area (Å²) in [7, 11) is 0. The highest BCUT2D eigenvalue weighted by Crippen LogP contribution is 2.31. The van der Waals surface area contributed by atoms with Gasteiger partial charge in [0.15, 0.2) is 0 Å². The molecule has 92 valence electrons. The summed E-state index contributed by atoms with van der Waals surface area (Å²) in [6.45, 7) is 2.66. The van der Waals surface area contributed by atoms with E-state index in [0.29, 0.717) is 18.5 Å². The summed E-state index contributed by atoms with van der Waals surface area (Å²) in [4.78, 5) is 12.1. The monoisotopic (exact) mass is 225 g/mol. The van der Waals surface area contributed by atoms with E-state index in [-0.39, 0.29) is 11.8 Å². The molecule has 0 aromatic carbocycles. The third-order valence-electron chi connectivity index (χ3n) is 3.94. The number of carbonyl (C=O) groups is 1. The number of hydrogen-bond donors (Lipinski definition) is 3. The smallest absolute Gasteiger partial charge is 0.223 e. The fraction of sp³-hybridized carbons (Fsp3) is 0.917. The summed E-state index contributed by atoms with van der Waals surface area (Å²) in [5.41, 5.74) is 5.70. The van der Waals surface area contributed by atoms with Crippen molar-refractivity contribution in [3.8, 4) is 0 Å². The molecule has 4 N–H and O–H groups in total. The van der Waals surface area contributed by atoms with E-state index < -0.39 is 0 Å². The van der Waals surface area contributed by atoms with Crippen molar-refractivity contribution in [3.05, 3.63) is 0 Å².